The molecule has 6 N–H and O–H groups in total. The zero-order chi connectivity index (χ0) is 27.1. The van der Waals surface area contributed by atoms with Crippen molar-refractivity contribution in [3.8, 4) is 39.9 Å². The first-order chi connectivity index (χ1) is 18.2. The lowest BCUT2D eigenvalue weighted by Crippen LogP contribution is -2.30. The molecule has 1 aliphatic heterocycles. The number of nitrogens with two attached hydrogens (primary N) is 1. The number of nitrogen functional groups attached to an aromatic ring is 1. The molecule has 1 unspecified atom stereocenters. The van der Waals surface area contributed by atoms with E-state index >= 15 is 0 Å². The molecule has 2 heterocycles. The van der Waals surface area contributed by atoms with Crippen molar-refractivity contribution in [1.82, 2.24) is 14.7 Å². The van der Waals surface area contributed by atoms with Crippen LogP contribution >= 0.6 is 15.9 Å². The highest BCUT2D eigenvalue weighted by Gasteiger charge is 2.37. The van der Waals surface area contributed by atoms with Gasteiger partial charge in [-0.25, -0.2) is 9.07 Å². The highest BCUT2D eigenvalue weighted by atomic mass is 79.9. The molecule has 1 amide bonds. The lowest BCUT2D eigenvalue weighted by atomic mass is 10.1. The number of carbonyl (C=O) groups is 1. The second kappa shape index (κ2) is 9.88. The Bertz CT molecular complexity index is 1500. The van der Waals surface area contributed by atoms with Gasteiger partial charge in [0, 0.05) is 29.6 Å². The number of hydrogen-bond donors (Lipinski definition) is 5. The first-order valence-electron chi connectivity index (χ1n) is 11.4. The SMILES string of the molecule is Nc1ccc(CCN2C(=O)COC2c2cn(-c3c(O)c(O)c(Br)c(O)c3O)nc2-c2ccc(F)cc2)cc1. The molecule has 5 rings (SSSR count). The number of amides is 1. The third-order valence-electron chi connectivity index (χ3n) is 6.26. The number of benzene rings is 3. The van der Waals surface area contributed by atoms with E-state index in [9.17, 15) is 29.6 Å². The Kier molecular flexibility index (Phi) is 6.59. The van der Waals surface area contributed by atoms with Crippen molar-refractivity contribution >= 4 is 27.5 Å². The predicted molar refractivity (Wildman–Crippen MR) is 138 cm³/mol. The van der Waals surface area contributed by atoms with E-state index in [0.29, 0.717) is 29.8 Å². The number of carbonyl (C=O) groups excluding carboxylic acids is 1. The van der Waals surface area contributed by atoms with E-state index in [1.807, 2.05) is 12.1 Å². The topological polar surface area (TPSA) is 154 Å². The number of halogens is 2. The number of aromatic nitrogens is 2. The molecule has 10 nitrogen and oxygen atoms in total. The molecule has 1 saturated heterocycles. The second-order valence-corrected chi connectivity index (χ2v) is 9.48. The van der Waals surface area contributed by atoms with E-state index < -0.39 is 40.7 Å². The fourth-order valence-electron chi connectivity index (χ4n) is 4.28. The van der Waals surface area contributed by atoms with Gasteiger partial charge in [-0.05, 0) is 64.3 Å². The van der Waals surface area contributed by atoms with Crippen LogP contribution in [0.25, 0.3) is 16.9 Å². The van der Waals surface area contributed by atoms with Gasteiger partial charge in [0.25, 0.3) is 5.91 Å². The van der Waals surface area contributed by atoms with Crippen LogP contribution < -0.4 is 5.73 Å². The van der Waals surface area contributed by atoms with E-state index in [4.69, 9.17) is 10.5 Å². The molecule has 1 fully saturated rings. The molecule has 12 heteroatoms. The summed E-state index contributed by atoms with van der Waals surface area (Å²) in [5.74, 6) is -3.66. The quantitative estimate of drug-likeness (QED) is 0.130. The number of ether oxygens (including phenoxy) is 1. The zero-order valence-corrected chi connectivity index (χ0v) is 21.3. The Morgan fingerprint density at radius 3 is 2.26 bits per heavy atom. The Morgan fingerprint density at radius 1 is 1.00 bits per heavy atom. The summed E-state index contributed by atoms with van der Waals surface area (Å²) < 4.78 is 20.2. The lowest BCUT2D eigenvalue weighted by Gasteiger charge is -2.23. The van der Waals surface area contributed by atoms with Gasteiger partial charge in [0.1, 0.15) is 22.6 Å². The molecule has 0 spiro atoms. The number of phenolic OH excluding ortho intramolecular Hbond substituents is 4. The van der Waals surface area contributed by atoms with Crippen LogP contribution in [0.15, 0.2) is 59.2 Å². The third-order valence-corrected chi connectivity index (χ3v) is 7.01. The second-order valence-electron chi connectivity index (χ2n) is 8.68. The number of hydrogen-bond acceptors (Lipinski definition) is 8. The minimum Gasteiger partial charge on any atom is -0.503 e. The third kappa shape index (κ3) is 4.48. The first-order valence-corrected chi connectivity index (χ1v) is 12.2. The van der Waals surface area contributed by atoms with Crippen LogP contribution in [-0.4, -0.2) is 54.2 Å². The smallest absolute Gasteiger partial charge is 0.250 e. The van der Waals surface area contributed by atoms with Crippen molar-refractivity contribution in [1.29, 1.82) is 0 Å². The molecule has 0 aliphatic carbocycles. The number of phenols is 4. The summed E-state index contributed by atoms with van der Waals surface area (Å²) in [4.78, 5) is 14.3. The molecule has 1 aliphatic rings. The standard InChI is InChI=1S/C26H22BrFN4O6/c27-19-22(34)24(36)21(25(37)23(19)35)32-11-17(20(30-32)14-3-5-15(28)6-4-14)26-31(18(33)12-38-26)10-9-13-1-7-16(29)8-2-13/h1-8,11,26,34-37H,9-10,12,29H2. The van der Waals surface area contributed by atoms with Crippen molar-refractivity contribution < 1.29 is 34.3 Å². The Hall–Kier alpha value is -4.29. The molecule has 0 saturated carbocycles. The van der Waals surface area contributed by atoms with Gasteiger partial charge < -0.3 is 35.8 Å². The molecule has 0 radical (unpaired) electrons. The lowest BCUT2D eigenvalue weighted by molar-refractivity contribution is -0.128. The highest BCUT2D eigenvalue weighted by Crippen LogP contribution is 2.51. The van der Waals surface area contributed by atoms with Gasteiger partial charge in [0.15, 0.2) is 34.9 Å². The van der Waals surface area contributed by atoms with Crippen LogP contribution in [0.4, 0.5) is 10.1 Å². The summed E-state index contributed by atoms with van der Waals surface area (Å²) in [5, 5.41) is 46.0. The van der Waals surface area contributed by atoms with Crippen LogP contribution in [0.1, 0.15) is 17.4 Å². The van der Waals surface area contributed by atoms with Crippen LogP contribution in [0.5, 0.6) is 23.0 Å². The van der Waals surface area contributed by atoms with Gasteiger partial charge in [-0.15, -0.1) is 0 Å². The number of nitrogens with zero attached hydrogens (tertiary/aromatic N) is 3. The van der Waals surface area contributed by atoms with Crippen molar-refractivity contribution in [2.24, 2.45) is 0 Å². The fourth-order valence-corrected chi connectivity index (χ4v) is 4.65. The van der Waals surface area contributed by atoms with Gasteiger partial charge >= 0.3 is 0 Å². The minimum absolute atomic E-state index is 0.184. The number of rotatable bonds is 6. The van der Waals surface area contributed by atoms with Crippen molar-refractivity contribution in [2.75, 3.05) is 18.9 Å². The van der Waals surface area contributed by atoms with E-state index in [1.165, 1.54) is 35.4 Å². The summed E-state index contributed by atoms with van der Waals surface area (Å²) in [7, 11) is 0. The zero-order valence-electron chi connectivity index (χ0n) is 19.7. The summed E-state index contributed by atoms with van der Waals surface area (Å²) in [5.41, 5.74) is 8.04. The van der Waals surface area contributed by atoms with Gasteiger partial charge in [-0.1, -0.05) is 12.1 Å². The van der Waals surface area contributed by atoms with E-state index in [0.717, 1.165) is 10.2 Å². The molecule has 4 aromatic rings. The maximum Gasteiger partial charge on any atom is 0.250 e. The normalized spacial score (nSPS) is 15.4. The summed E-state index contributed by atoms with van der Waals surface area (Å²) in [6.45, 7) is 0.120. The van der Waals surface area contributed by atoms with Gasteiger partial charge in [-0.2, -0.15) is 5.10 Å². The highest BCUT2D eigenvalue weighted by molar-refractivity contribution is 9.10. The van der Waals surface area contributed by atoms with Gasteiger partial charge in [-0.3, -0.25) is 4.79 Å². The minimum atomic E-state index is -0.896. The molecule has 3 aromatic carbocycles. The predicted octanol–water partition coefficient (Wildman–Crippen LogP) is 3.95. The van der Waals surface area contributed by atoms with E-state index in [2.05, 4.69) is 21.0 Å². The van der Waals surface area contributed by atoms with Crippen molar-refractivity contribution in [3.63, 3.8) is 0 Å². The first kappa shape index (κ1) is 25.4. The largest absolute Gasteiger partial charge is 0.503 e. The van der Waals surface area contributed by atoms with Crippen LogP contribution in [0, 0.1) is 5.82 Å². The van der Waals surface area contributed by atoms with Crippen LogP contribution in [-0.2, 0) is 16.0 Å². The van der Waals surface area contributed by atoms with Crippen molar-refractivity contribution in [3.05, 3.63) is 76.1 Å². The average molecular weight is 585 g/mol. The van der Waals surface area contributed by atoms with Crippen LogP contribution in [0.2, 0.25) is 0 Å². The molecule has 38 heavy (non-hydrogen) atoms. The Morgan fingerprint density at radius 2 is 1.63 bits per heavy atom. The maximum atomic E-state index is 13.7. The van der Waals surface area contributed by atoms with Crippen LogP contribution in [0.3, 0.4) is 0 Å². The average Bonchev–Trinajstić information content (AvgIpc) is 3.50. The van der Waals surface area contributed by atoms with E-state index in [1.54, 1.807) is 12.1 Å². The molecular formula is C26H22BrFN4O6. The molecule has 196 valence electrons. The summed E-state index contributed by atoms with van der Waals surface area (Å²) >= 11 is 2.90. The summed E-state index contributed by atoms with van der Waals surface area (Å²) in [6, 6.07) is 12.7. The maximum absolute atomic E-state index is 13.7. The summed E-state index contributed by atoms with van der Waals surface area (Å²) in [6.07, 6.45) is 1.02. The van der Waals surface area contributed by atoms with E-state index in [-0.39, 0.29) is 22.7 Å². The molecule has 0 bridgehead atoms. The number of anilines is 1. The Balaban J connectivity index is 1.59. The van der Waals surface area contributed by atoms with Gasteiger partial charge in [0.2, 0.25) is 0 Å². The number of aromatic hydroxyl groups is 4. The van der Waals surface area contributed by atoms with Crippen molar-refractivity contribution in [2.45, 2.75) is 12.6 Å². The Labute approximate surface area is 224 Å². The monoisotopic (exact) mass is 584 g/mol. The fraction of sp³-hybridized carbons (Fsp3) is 0.154. The molecule has 1 atom stereocenters. The molecular weight excluding hydrogens is 563 g/mol. The molecule has 1 aromatic heterocycles. The van der Waals surface area contributed by atoms with Gasteiger partial charge in [0.05, 0.1) is 0 Å².